The van der Waals surface area contributed by atoms with Crippen LogP contribution >= 0.6 is 11.6 Å². The molecule has 12 heavy (non-hydrogen) atoms. The first-order valence-electron chi connectivity index (χ1n) is 3.44. The summed E-state index contributed by atoms with van der Waals surface area (Å²) in [7, 11) is 3.10. The first-order valence-corrected chi connectivity index (χ1v) is 3.82. The third-order valence-corrected chi connectivity index (χ3v) is 1.77. The zero-order valence-corrected chi connectivity index (χ0v) is 7.97. The van der Waals surface area contributed by atoms with Gasteiger partial charge in [0, 0.05) is 6.07 Å². The fraction of sp³-hybridized carbons (Fsp3) is 0.375. The lowest BCUT2D eigenvalue weighted by Gasteiger charge is -2.06. The molecule has 0 aliphatic rings. The van der Waals surface area contributed by atoms with Gasteiger partial charge >= 0.3 is 0 Å². The van der Waals surface area contributed by atoms with E-state index in [1.807, 2.05) is 6.92 Å². The van der Waals surface area contributed by atoms with Crippen LogP contribution in [-0.2, 0) is 0 Å². The van der Waals surface area contributed by atoms with Crippen molar-refractivity contribution in [1.29, 1.82) is 0 Å². The molecule has 0 aromatic carbocycles. The topological polar surface area (TPSA) is 31.4 Å². The van der Waals surface area contributed by atoms with Crippen molar-refractivity contribution >= 4 is 11.6 Å². The monoisotopic (exact) mass is 187 g/mol. The van der Waals surface area contributed by atoms with E-state index in [1.165, 1.54) is 7.11 Å². The van der Waals surface area contributed by atoms with Gasteiger partial charge in [0.25, 0.3) is 0 Å². The highest BCUT2D eigenvalue weighted by Gasteiger charge is 2.07. The van der Waals surface area contributed by atoms with Crippen LogP contribution in [0.1, 0.15) is 5.69 Å². The number of nitrogens with zero attached hydrogens (tertiary/aromatic N) is 1. The van der Waals surface area contributed by atoms with E-state index >= 15 is 0 Å². The van der Waals surface area contributed by atoms with Crippen molar-refractivity contribution < 1.29 is 9.47 Å². The molecule has 1 aromatic rings. The second-order valence-corrected chi connectivity index (χ2v) is 2.67. The van der Waals surface area contributed by atoms with Crippen LogP contribution in [0.25, 0.3) is 0 Å². The summed E-state index contributed by atoms with van der Waals surface area (Å²) in [6, 6.07) is 1.68. The lowest BCUT2D eigenvalue weighted by atomic mass is 10.3. The van der Waals surface area contributed by atoms with Crippen molar-refractivity contribution in [1.82, 2.24) is 4.98 Å². The van der Waals surface area contributed by atoms with E-state index in [2.05, 4.69) is 4.98 Å². The maximum absolute atomic E-state index is 5.81. The summed E-state index contributed by atoms with van der Waals surface area (Å²) in [6.07, 6.45) is 0. The number of aromatic nitrogens is 1. The number of hydrogen-bond acceptors (Lipinski definition) is 3. The molecule has 0 unspecified atom stereocenters. The molecule has 0 N–H and O–H groups in total. The molecule has 0 radical (unpaired) electrons. The maximum Gasteiger partial charge on any atom is 0.232 e. The summed E-state index contributed by atoms with van der Waals surface area (Å²) in [5.41, 5.74) is 0.763. The Morgan fingerprint density at radius 3 is 2.50 bits per heavy atom. The first kappa shape index (κ1) is 9.13. The lowest BCUT2D eigenvalue weighted by Crippen LogP contribution is -1.94. The van der Waals surface area contributed by atoms with Gasteiger partial charge in [-0.3, -0.25) is 0 Å². The van der Waals surface area contributed by atoms with Crippen LogP contribution in [0.2, 0.25) is 5.02 Å². The maximum atomic E-state index is 5.81. The Labute approximate surface area is 76.3 Å². The van der Waals surface area contributed by atoms with Crippen molar-refractivity contribution in [3.63, 3.8) is 0 Å². The Balaban J connectivity index is 3.16. The fourth-order valence-electron chi connectivity index (χ4n) is 0.892. The van der Waals surface area contributed by atoms with E-state index in [-0.39, 0.29) is 0 Å². The summed E-state index contributed by atoms with van der Waals surface area (Å²) < 4.78 is 9.95. The first-order chi connectivity index (χ1) is 5.69. The zero-order chi connectivity index (χ0) is 9.14. The minimum absolute atomic E-state index is 0.426. The normalized spacial score (nSPS) is 9.67. The predicted molar refractivity (Wildman–Crippen MR) is 47.1 cm³/mol. The highest BCUT2D eigenvalue weighted by atomic mass is 35.5. The van der Waals surface area contributed by atoms with E-state index in [4.69, 9.17) is 21.1 Å². The predicted octanol–water partition coefficient (Wildman–Crippen LogP) is 2.06. The molecule has 0 saturated carbocycles. The molecule has 4 heteroatoms. The largest absolute Gasteiger partial charge is 0.495 e. The third kappa shape index (κ3) is 1.61. The van der Waals surface area contributed by atoms with Gasteiger partial charge in [0.05, 0.1) is 19.9 Å². The van der Waals surface area contributed by atoms with E-state index in [1.54, 1.807) is 13.2 Å². The molecule has 0 atom stereocenters. The van der Waals surface area contributed by atoms with E-state index in [0.717, 1.165) is 5.69 Å². The molecule has 0 spiro atoms. The van der Waals surface area contributed by atoms with Crippen molar-refractivity contribution in [2.75, 3.05) is 14.2 Å². The van der Waals surface area contributed by atoms with Crippen LogP contribution in [0, 0.1) is 6.92 Å². The standard InChI is InChI=1S/C8H10ClNO2/c1-5-7(11-2)4-6(9)8(10-5)12-3/h4H,1-3H3. The molecule has 3 nitrogen and oxygen atoms in total. The smallest absolute Gasteiger partial charge is 0.232 e. The number of rotatable bonds is 2. The Kier molecular flexibility index (Phi) is 2.76. The Hall–Kier alpha value is -0.960. The molecule has 0 fully saturated rings. The average Bonchev–Trinajstić information content (AvgIpc) is 2.08. The number of pyridine rings is 1. The molecule has 1 rings (SSSR count). The zero-order valence-electron chi connectivity index (χ0n) is 7.22. The van der Waals surface area contributed by atoms with Gasteiger partial charge in [-0.1, -0.05) is 11.6 Å². The summed E-state index contributed by atoms with van der Waals surface area (Å²) >= 11 is 5.81. The summed E-state index contributed by atoms with van der Waals surface area (Å²) in [5, 5.41) is 0.458. The summed E-state index contributed by atoms with van der Waals surface area (Å²) in [4.78, 5) is 4.08. The fourth-order valence-corrected chi connectivity index (χ4v) is 1.11. The average molecular weight is 188 g/mol. The van der Waals surface area contributed by atoms with E-state index in [0.29, 0.717) is 16.7 Å². The van der Waals surface area contributed by atoms with Gasteiger partial charge in [-0.15, -0.1) is 0 Å². The molecule has 1 aromatic heterocycles. The van der Waals surface area contributed by atoms with Gasteiger partial charge in [0.1, 0.15) is 10.8 Å². The molecular formula is C8H10ClNO2. The van der Waals surface area contributed by atoms with Crippen molar-refractivity contribution in [3.8, 4) is 11.6 Å². The second-order valence-electron chi connectivity index (χ2n) is 2.27. The van der Waals surface area contributed by atoms with Gasteiger partial charge < -0.3 is 9.47 Å². The SMILES string of the molecule is COc1cc(Cl)c(OC)nc1C. The third-order valence-electron chi connectivity index (χ3n) is 1.50. The van der Waals surface area contributed by atoms with Gasteiger partial charge in [-0.05, 0) is 6.92 Å². The van der Waals surface area contributed by atoms with Gasteiger partial charge in [-0.2, -0.15) is 0 Å². The van der Waals surface area contributed by atoms with Crippen LogP contribution in [0.15, 0.2) is 6.07 Å². The molecular weight excluding hydrogens is 178 g/mol. The summed E-state index contributed by atoms with van der Waals surface area (Å²) in [5.74, 6) is 1.09. The van der Waals surface area contributed by atoms with Crippen LogP contribution in [0.4, 0.5) is 0 Å². The second kappa shape index (κ2) is 3.63. The number of hydrogen-bond donors (Lipinski definition) is 0. The van der Waals surface area contributed by atoms with Crippen LogP contribution in [0.5, 0.6) is 11.6 Å². The molecule has 0 aliphatic heterocycles. The van der Waals surface area contributed by atoms with E-state index < -0.39 is 0 Å². The molecule has 1 heterocycles. The minimum Gasteiger partial charge on any atom is -0.495 e. The number of ether oxygens (including phenoxy) is 2. The highest BCUT2D eigenvalue weighted by molar-refractivity contribution is 6.32. The van der Waals surface area contributed by atoms with Gasteiger partial charge in [0.2, 0.25) is 5.88 Å². The number of methoxy groups -OCH3 is 2. The Bertz CT molecular complexity index is 259. The summed E-state index contributed by atoms with van der Waals surface area (Å²) in [6.45, 7) is 1.83. The van der Waals surface area contributed by atoms with Crippen LogP contribution in [-0.4, -0.2) is 19.2 Å². The Morgan fingerprint density at radius 1 is 1.33 bits per heavy atom. The Morgan fingerprint density at radius 2 is 2.00 bits per heavy atom. The molecule has 0 amide bonds. The highest BCUT2D eigenvalue weighted by Crippen LogP contribution is 2.28. The van der Waals surface area contributed by atoms with Crippen LogP contribution < -0.4 is 9.47 Å². The van der Waals surface area contributed by atoms with Crippen molar-refractivity contribution in [2.24, 2.45) is 0 Å². The number of aryl methyl sites for hydroxylation is 1. The lowest BCUT2D eigenvalue weighted by molar-refractivity contribution is 0.384. The molecule has 0 aliphatic carbocycles. The van der Waals surface area contributed by atoms with E-state index in [9.17, 15) is 0 Å². The minimum atomic E-state index is 0.426. The van der Waals surface area contributed by atoms with Gasteiger partial charge in [0.15, 0.2) is 0 Å². The molecule has 0 bridgehead atoms. The molecule has 66 valence electrons. The van der Waals surface area contributed by atoms with Crippen molar-refractivity contribution in [2.45, 2.75) is 6.92 Å². The van der Waals surface area contributed by atoms with Gasteiger partial charge in [-0.25, -0.2) is 4.98 Å². The molecule has 0 saturated heterocycles. The number of halogens is 1. The quantitative estimate of drug-likeness (QED) is 0.710. The van der Waals surface area contributed by atoms with Crippen LogP contribution in [0.3, 0.4) is 0 Å². The van der Waals surface area contributed by atoms with Crippen molar-refractivity contribution in [3.05, 3.63) is 16.8 Å².